The number of hydrogen-bond acceptors (Lipinski definition) is 5. The molecule has 7 nitrogen and oxygen atoms in total. The van der Waals surface area contributed by atoms with Crippen LogP contribution in [0.4, 0.5) is 5.69 Å². The van der Waals surface area contributed by atoms with Crippen molar-refractivity contribution in [1.82, 2.24) is 25.1 Å². The van der Waals surface area contributed by atoms with Crippen LogP contribution in [0.1, 0.15) is 12.2 Å². The van der Waals surface area contributed by atoms with E-state index in [0.717, 1.165) is 30.9 Å². The van der Waals surface area contributed by atoms with Gasteiger partial charge in [-0.05, 0) is 18.6 Å². The normalized spacial score (nSPS) is 17.5. The van der Waals surface area contributed by atoms with Crippen LogP contribution in [-0.2, 0) is 17.8 Å². The van der Waals surface area contributed by atoms with E-state index in [2.05, 4.69) is 25.7 Å². The summed E-state index contributed by atoms with van der Waals surface area (Å²) < 4.78 is 1.89. The number of nitrogens with zero attached hydrogens (tertiary/aromatic N) is 4. The molecule has 0 aliphatic carbocycles. The van der Waals surface area contributed by atoms with Crippen molar-refractivity contribution in [3.63, 3.8) is 0 Å². The predicted molar refractivity (Wildman–Crippen MR) is 73.0 cm³/mol. The second kappa shape index (κ2) is 5.79. The van der Waals surface area contributed by atoms with E-state index >= 15 is 0 Å². The van der Waals surface area contributed by atoms with E-state index < -0.39 is 0 Å². The molecule has 2 aromatic rings. The van der Waals surface area contributed by atoms with Crippen molar-refractivity contribution in [2.75, 3.05) is 11.9 Å². The molecule has 104 valence electrons. The summed E-state index contributed by atoms with van der Waals surface area (Å²) in [7, 11) is 0. The molecule has 0 aromatic carbocycles. The number of anilines is 1. The third-order valence-electron chi connectivity index (χ3n) is 3.32. The highest BCUT2D eigenvalue weighted by Crippen LogP contribution is 2.11. The molecular formula is C13H16N6O. The Balaban J connectivity index is 1.47. The summed E-state index contributed by atoms with van der Waals surface area (Å²) in [5, 5.41) is 10.2. The van der Waals surface area contributed by atoms with Gasteiger partial charge >= 0.3 is 0 Å². The van der Waals surface area contributed by atoms with E-state index in [0.29, 0.717) is 0 Å². The molecule has 0 radical (unpaired) electrons. The number of pyridine rings is 1. The lowest BCUT2D eigenvalue weighted by Crippen LogP contribution is -2.41. The molecule has 0 saturated carbocycles. The van der Waals surface area contributed by atoms with Crippen molar-refractivity contribution in [3.8, 4) is 0 Å². The van der Waals surface area contributed by atoms with Gasteiger partial charge in [0.25, 0.3) is 0 Å². The number of amides is 1. The summed E-state index contributed by atoms with van der Waals surface area (Å²) in [6, 6.07) is 3.79. The van der Waals surface area contributed by atoms with E-state index in [1.165, 1.54) is 0 Å². The van der Waals surface area contributed by atoms with Gasteiger partial charge in [-0.2, -0.15) is 5.10 Å². The molecule has 20 heavy (non-hydrogen) atoms. The molecule has 3 rings (SSSR count). The van der Waals surface area contributed by atoms with Gasteiger partial charge in [-0.1, -0.05) is 0 Å². The molecule has 7 heteroatoms. The molecule has 0 bridgehead atoms. The zero-order valence-corrected chi connectivity index (χ0v) is 11.0. The van der Waals surface area contributed by atoms with Crippen LogP contribution in [0.3, 0.4) is 0 Å². The lowest BCUT2D eigenvalue weighted by atomic mass is 10.1. The maximum Gasteiger partial charge on any atom is 0.238 e. The molecular weight excluding hydrogens is 256 g/mol. The van der Waals surface area contributed by atoms with Gasteiger partial charge in [0.05, 0.1) is 13.1 Å². The van der Waals surface area contributed by atoms with Crippen LogP contribution in [-0.4, -0.2) is 38.2 Å². The molecule has 1 amide bonds. The first kappa shape index (κ1) is 12.7. The van der Waals surface area contributed by atoms with Gasteiger partial charge < -0.3 is 10.6 Å². The van der Waals surface area contributed by atoms with Gasteiger partial charge in [0.2, 0.25) is 5.91 Å². The highest BCUT2D eigenvalue weighted by atomic mass is 16.1. The number of nitrogens with one attached hydrogen (secondary N) is 2. The summed E-state index contributed by atoms with van der Waals surface area (Å²) in [6.45, 7) is 1.05. The molecule has 0 fully saturated rings. The molecule has 0 unspecified atom stereocenters. The Morgan fingerprint density at radius 1 is 1.40 bits per heavy atom. The van der Waals surface area contributed by atoms with Crippen LogP contribution in [0.5, 0.6) is 0 Å². The molecule has 2 N–H and O–H groups in total. The van der Waals surface area contributed by atoms with Gasteiger partial charge in [-0.3, -0.25) is 9.78 Å². The number of carbonyl (C=O) groups is 1. The lowest BCUT2D eigenvalue weighted by Gasteiger charge is -2.23. The average molecular weight is 272 g/mol. The third-order valence-corrected chi connectivity index (χ3v) is 3.32. The van der Waals surface area contributed by atoms with Crippen LogP contribution in [0.25, 0.3) is 0 Å². The van der Waals surface area contributed by atoms with Crippen molar-refractivity contribution < 1.29 is 4.79 Å². The first-order chi connectivity index (χ1) is 9.81. The fourth-order valence-electron chi connectivity index (χ4n) is 2.28. The Morgan fingerprint density at radius 3 is 3.10 bits per heavy atom. The largest absolute Gasteiger partial charge is 0.325 e. The van der Waals surface area contributed by atoms with Gasteiger partial charge in [0.15, 0.2) is 0 Å². The van der Waals surface area contributed by atoms with Gasteiger partial charge in [-0.15, -0.1) is 0 Å². The molecule has 3 heterocycles. The maximum absolute atomic E-state index is 11.8. The predicted octanol–water partition coefficient (Wildman–Crippen LogP) is 0.216. The summed E-state index contributed by atoms with van der Waals surface area (Å²) >= 11 is 0. The summed E-state index contributed by atoms with van der Waals surface area (Å²) in [4.78, 5) is 19.9. The number of aromatic nitrogens is 4. The highest BCUT2D eigenvalue weighted by Gasteiger charge is 2.19. The van der Waals surface area contributed by atoms with Crippen molar-refractivity contribution in [3.05, 3.63) is 36.7 Å². The topological polar surface area (TPSA) is 84.7 Å². The maximum atomic E-state index is 11.8. The van der Waals surface area contributed by atoms with E-state index in [9.17, 15) is 4.79 Å². The van der Waals surface area contributed by atoms with Crippen molar-refractivity contribution in [2.45, 2.75) is 25.4 Å². The van der Waals surface area contributed by atoms with Crippen molar-refractivity contribution in [1.29, 1.82) is 0 Å². The average Bonchev–Trinajstić information content (AvgIpc) is 2.93. The van der Waals surface area contributed by atoms with Gasteiger partial charge in [0, 0.05) is 30.5 Å². The molecule has 0 saturated heterocycles. The Kier molecular flexibility index (Phi) is 3.69. The molecule has 1 aliphatic heterocycles. The summed E-state index contributed by atoms with van der Waals surface area (Å²) in [5.41, 5.74) is 0.758. The summed E-state index contributed by atoms with van der Waals surface area (Å²) in [5.74, 6) is 0.963. The monoisotopic (exact) mass is 272 g/mol. The standard InChI is InChI=1S/C13H16N6O/c20-13(18-10-3-5-14-6-4-10)7-15-11-1-2-12-16-9-17-19(12)8-11/h3-6,9,11,15H,1-2,7-8H2,(H,14,18,20)/t11-/m0/s1. The fraction of sp³-hybridized carbons (Fsp3) is 0.385. The number of aryl methyl sites for hydroxylation is 1. The SMILES string of the molecule is O=C(CN[C@H]1CCc2ncnn2C1)Nc1ccncc1. The minimum atomic E-state index is -0.0550. The first-order valence-corrected chi connectivity index (χ1v) is 6.61. The molecule has 2 aromatic heterocycles. The number of hydrogen-bond donors (Lipinski definition) is 2. The van der Waals surface area contributed by atoms with Crippen LogP contribution in [0, 0.1) is 0 Å². The van der Waals surface area contributed by atoms with E-state index in [4.69, 9.17) is 0 Å². The first-order valence-electron chi connectivity index (χ1n) is 6.61. The number of fused-ring (bicyclic) bond motifs is 1. The molecule has 1 atom stereocenters. The number of rotatable bonds is 4. The Hall–Kier alpha value is -2.28. The second-order valence-corrected chi connectivity index (χ2v) is 4.76. The van der Waals surface area contributed by atoms with E-state index in [1.807, 2.05) is 4.68 Å². The van der Waals surface area contributed by atoms with Gasteiger partial charge in [0.1, 0.15) is 12.2 Å². The van der Waals surface area contributed by atoms with Crippen molar-refractivity contribution >= 4 is 11.6 Å². The highest BCUT2D eigenvalue weighted by molar-refractivity contribution is 5.92. The van der Waals surface area contributed by atoms with E-state index in [1.54, 1.807) is 30.9 Å². The van der Waals surface area contributed by atoms with Crippen LogP contribution >= 0.6 is 0 Å². The van der Waals surface area contributed by atoms with Gasteiger partial charge in [-0.25, -0.2) is 9.67 Å². The zero-order chi connectivity index (χ0) is 13.8. The van der Waals surface area contributed by atoms with Crippen molar-refractivity contribution in [2.24, 2.45) is 0 Å². The molecule has 1 aliphatic rings. The zero-order valence-electron chi connectivity index (χ0n) is 11.0. The minimum absolute atomic E-state index is 0.0550. The quantitative estimate of drug-likeness (QED) is 0.831. The fourth-order valence-corrected chi connectivity index (χ4v) is 2.28. The van der Waals surface area contributed by atoms with E-state index in [-0.39, 0.29) is 18.5 Å². The van der Waals surface area contributed by atoms with Crippen LogP contribution < -0.4 is 10.6 Å². The molecule has 0 spiro atoms. The third kappa shape index (κ3) is 3.00. The smallest absolute Gasteiger partial charge is 0.238 e. The Labute approximate surface area is 116 Å². The lowest BCUT2D eigenvalue weighted by molar-refractivity contribution is -0.115. The Bertz CT molecular complexity index is 582. The Morgan fingerprint density at radius 2 is 2.25 bits per heavy atom. The minimum Gasteiger partial charge on any atom is -0.325 e. The van der Waals surface area contributed by atoms with Crippen LogP contribution in [0.15, 0.2) is 30.9 Å². The second-order valence-electron chi connectivity index (χ2n) is 4.76. The van der Waals surface area contributed by atoms with Crippen LogP contribution in [0.2, 0.25) is 0 Å². The number of carbonyl (C=O) groups excluding carboxylic acids is 1. The summed E-state index contributed by atoms with van der Waals surface area (Å²) in [6.07, 6.45) is 6.74.